The highest BCUT2D eigenvalue weighted by atomic mass is 79.9. The molecule has 94 valence electrons. The normalized spacial score (nSPS) is 17.5. The van der Waals surface area contributed by atoms with Crippen molar-refractivity contribution in [2.45, 2.75) is 39.2 Å². The predicted molar refractivity (Wildman–Crippen MR) is 72.6 cm³/mol. The third-order valence-electron chi connectivity index (χ3n) is 3.34. The Labute approximate surface area is 111 Å². The molecular formula is C14H19BrFN. The summed E-state index contributed by atoms with van der Waals surface area (Å²) in [4.78, 5) is 0. The van der Waals surface area contributed by atoms with Crippen LogP contribution in [0.4, 0.5) is 4.39 Å². The van der Waals surface area contributed by atoms with E-state index in [2.05, 4.69) is 35.1 Å². The molecule has 0 atom stereocenters. The zero-order chi connectivity index (χ0) is 12.5. The Kier molecular flexibility index (Phi) is 3.88. The summed E-state index contributed by atoms with van der Waals surface area (Å²) in [5.41, 5.74) is 1.47. The van der Waals surface area contributed by atoms with Crippen LogP contribution in [0.15, 0.2) is 22.7 Å². The smallest absolute Gasteiger partial charge is 0.124 e. The number of hydrogen-bond acceptors (Lipinski definition) is 1. The second kappa shape index (κ2) is 5.07. The van der Waals surface area contributed by atoms with E-state index in [0.29, 0.717) is 11.5 Å². The predicted octanol–water partition coefficient (Wildman–Crippen LogP) is 3.91. The molecule has 1 nitrogen and oxygen atoms in total. The third-order valence-corrected chi connectivity index (χ3v) is 3.80. The van der Waals surface area contributed by atoms with Gasteiger partial charge in [-0.2, -0.15) is 0 Å². The van der Waals surface area contributed by atoms with Crippen LogP contribution in [0.3, 0.4) is 0 Å². The molecule has 1 aliphatic rings. The molecule has 0 aliphatic heterocycles. The Morgan fingerprint density at radius 3 is 2.59 bits per heavy atom. The fourth-order valence-electron chi connectivity index (χ4n) is 2.16. The Morgan fingerprint density at radius 2 is 2.06 bits per heavy atom. The molecule has 0 heterocycles. The number of rotatable bonds is 5. The fourth-order valence-corrected chi connectivity index (χ4v) is 2.67. The van der Waals surface area contributed by atoms with E-state index >= 15 is 0 Å². The molecule has 1 aromatic carbocycles. The molecule has 1 aromatic rings. The molecule has 17 heavy (non-hydrogen) atoms. The zero-order valence-corrected chi connectivity index (χ0v) is 12.0. The first-order chi connectivity index (χ1) is 7.99. The van der Waals surface area contributed by atoms with E-state index in [9.17, 15) is 4.39 Å². The van der Waals surface area contributed by atoms with Crippen molar-refractivity contribution in [2.24, 2.45) is 5.41 Å². The van der Waals surface area contributed by atoms with Gasteiger partial charge in [-0.25, -0.2) is 4.39 Å². The maximum absolute atomic E-state index is 13.3. The van der Waals surface area contributed by atoms with Gasteiger partial charge in [0.05, 0.1) is 0 Å². The summed E-state index contributed by atoms with van der Waals surface area (Å²) in [6, 6.07) is 5.71. The topological polar surface area (TPSA) is 12.0 Å². The van der Waals surface area contributed by atoms with Crippen molar-refractivity contribution in [1.82, 2.24) is 5.32 Å². The van der Waals surface area contributed by atoms with Gasteiger partial charge in [0.1, 0.15) is 5.82 Å². The van der Waals surface area contributed by atoms with E-state index in [-0.39, 0.29) is 5.82 Å². The summed E-state index contributed by atoms with van der Waals surface area (Å²) < 4.78 is 14.1. The van der Waals surface area contributed by atoms with Crippen LogP contribution >= 0.6 is 15.9 Å². The zero-order valence-electron chi connectivity index (χ0n) is 10.4. The molecule has 0 bridgehead atoms. The maximum atomic E-state index is 13.3. The number of halogens is 2. The van der Waals surface area contributed by atoms with Gasteiger partial charge >= 0.3 is 0 Å². The van der Waals surface area contributed by atoms with E-state index in [0.717, 1.165) is 23.0 Å². The quantitative estimate of drug-likeness (QED) is 0.869. The van der Waals surface area contributed by atoms with Crippen LogP contribution < -0.4 is 5.32 Å². The van der Waals surface area contributed by atoms with Crippen molar-refractivity contribution >= 4 is 15.9 Å². The molecule has 1 aliphatic carbocycles. The summed E-state index contributed by atoms with van der Waals surface area (Å²) in [5, 5.41) is 3.49. The van der Waals surface area contributed by atoms with Crippen molar-refractivity contribution in [2.75, 3.05) is 6.54 Å². The summed E-state index contributed by atoms with van der Waals surface area (Å²) in [5.74, 6) is -0.151. The largest absolute Gasteiger partial charge is 0.314 e. The maximum Gasteiger partial charge on any atom is 0.124 e. The van der Waals surface area contributed by atoms with Gasteiger partial charge in [-0.05, 0) is 48.4 Å². The van der Waals surface area contributed by atoms with Gasteiger partial charge in [-0.1, -0.05) is 29.8 Å². The van der Waals surface area contributed by atoms with E-state index in [1.165, 1.54) is 18.9 Å². The average molecular weight is 300 g/mol. The van der Waals surface area contributed by atoms with Crippen LogP contribution in [0.2, 0.25) is 0 Å². The van der Waals surface area contributed by atoms with Gasteiger partial charge in [0.2, 0.25) is 0 Å². The monoisotopic (exact) mass is 299 g/mol. The Balaban J connectivity index is 2.00. The van der Waals surface area contributed by atoms with Crippen molar-refractivity contribution < 1.29 is 4.39 Å². The minimum atomic E-state index is -0.151. The van der Waals surface area contributed by atoms with Gasteiger partial charge in [-0.3, -0.25) is 0 Å². The van der Waals surface area contributed by atoms with Crippen molar-refractivity contribution in [1.29, 1.82) is 0 Å². The lowest BCUT2D eigenvalue weighted by atomic mass is 9.96. The molecule has 1 N–H and O–H groups in total. The Bertz CT molecular complexity index is 379. The number of hydrogen-bond donors (Lipinski definition) is 1. The van der Waals surface area contributed by atoms with Crippen LogP contribution in [0, 0.1) is 11.2 Å². The van der Waals surface area contributed by atoms with Crippen LogP contribution in [0.1, 0.15) is 32.3 Å². The summed E-state index contributed by atoms with van der Waals surface area (Å²) in [6.07, 6.45) is 3.48. The minimum Gasteiger partial charge on any atom is -0.314 e. The second-order valence-electron chi connectivity index (χ2n) is 5.49. The molecule has 0 amide bonds. The van der Waals surface area contributed by atoms with Crippen molar-refractivity contribution in [3.05, 3.63) is 34.1 Å². The molecule has 1 saturated carbocycles. The van der Waals surface area contributed by atoms with Crippen molar-refractivity contribution in [3.8, 4) is 0 Å². The molecule has 1 fully saturated rings. The highest BCUT2D eigenvalue weighted by Gasteiger charge is 2.42. The SMILES string of the molecule is CC(C)NCC1(Cc2cc(F)cc(Br)c2)CC1. The van der Waals surface area contributed by atoms with Crippen molar-refractivity contribution in [3.63, 3.8) is 0 Å². The molecule has 0 saturated heterocycles. The van der Waals surface area contributed by atoms with Gasteiger partial charge in [-0.15, -0.1) is 0 Å². The number of nitrogens with one attached hydrogen (secondary N) is 1. The Hall–Kier alpha value is -0.410. The van der Waals surface area contributed by atoms with Gasteiger partial charge in [0.25, 0.3) is 0 Å². The highest BCUT2D eigenvalue weighted by molar-refractivity contribution is 9.10. The summed E-state index contributed by atoms with van der Waals surface area (Å²) in [6.45, 7) is 5.36. The Morgan fingerprint density at radius 1 is 1.35 bits per heavy atom. The molecule has 0 radical (unpaired) electrons. The lowest BCUT2D eigenvalue weighted by molar-refractivity contribution is 0.429. The molecular weight excluding hydrogens is 281 g/mol. The number of benzene rings is 1. The first kappa shape index (κ1) is 13.0. The second-order valence-corrected chi connectivity index (χ2v) is 6.41. The molecule has 0 aromatic heterocycles. The standard InChI is InChI=1S/C14H19BrFN/c1-10(2)17-9-14(3-4-14)8-11-5-12(15)7-13(16)6-11/h5-7,10,17H,3-4,8-9H2,1-2H3. The van der Waals surface area contributed by atoms with E-state index in [4.69, 9.17) is 0 Å². The third kappa shape index (κ3) is 3.78. The lowest BCUT2D eigenvalue weighted by Crippen LogP contribution is -2.31. The molecule has 2 rings (SSSR count). The van der Waals surface area contributed by atoms with E-state index in [1.807, 2.05) is 6.07 Å². The first-order valence-corrected chi connectivity index (χ1v) is 6.97. The minimum absolute atomic E-state index is 0.151. The molecule has 0 spiro atoms. The van der Waals surface area contributed by atoms with Gasteiger partial charge in [0, 0.05) is 17.1 Å². The van der Waals surface area contributed by atoms with Gasteiger partial charge < -0.3 is 5.32 Å². The van der Waals surface area contributed by atoms with Gasteiger partial charge in [0.15, 0.2) is 0 Å². The van der Waals surface area contributed by atoms with Crippen LogP contribution in [-0.4, -0.2) is 12.6 Å². The van der Waals surface area contributed by atoms with E-state index < -0.39 is 0 Å². The average Bonchev–Trinajstić information content (AvgIpc) is 2.94. The van der Waals surface area contributed by atoms with Crippen LogP contribution in [0.25, 0.3) is 0 Å². The van der Waals surface area contributed by atoms with Crippen LogP contribution in [0.5, 0.6) is 0 Å². The van der Waals surface area contributed by atoms with E-state index in [1.54, 1.807) is 6.07 Å². The molecule has 3 heteroatoms. The van der Waals surface area contributed by atoms with Crippen LogP contribution in [-0.2, 0) is 6.42 Å². The summed E-state index contributed by atoms with van der Waals surface area (Å²) in [7, 11) is 0. The first-order valence-electron chi connectivity index (χ1n) is 6.17. The lowest BCUT2D eigenvalue weighted by Gasteiger charge is -2.18. The fraction of sp³-hybridized carbons (Fsp3) is 0.571. The summed E-state index contributed by atoms with van der Waals surface area (Å²) >= 11 is 3.35. The highest BCUT2D eigenvalue weighted by Crippen LogP contribution is 2.48. The molecule has 0 unspecified atom stereocenters.